The molecular weight excluding hydrogens is 756 g/mol. The van der Waals surface area contributed by atoms with Crippen LogP contribution in [-0.4, -0.2) is 89.8 Å². The van der Waals surface area contributed by atoms with Crippen molar-refractivity contribution < 1.29 is 38.2 Å². The highest BCUT2D eigenvalue weighted by atomic mass is 35.5. The molecule has 0 radical (unpaired) electrons. The normalized spacial score (nSPS) is 17.4. The molecule has 0 aliphatic carbocycles. The Morgan fingerprint density at radius 3 is 2.55 bits per heavy atom. The van der Waals surface area contributed by atoms with Crippen LogP contribution in [0.25, 0.3) is 17.0 Å². The van der Waals surface area contributed by atoms with Crippen molar-refractivity contribution in [2.75, 3.05) is 19.7 Å². The molecule has 3 N–H and O–H groups in total. The Morgan fingerprint density at radius 1 is 1.02 bits per heavy atom. The Kier molecular flexibility index (Phi) is 10.3. The van der Waals surface area contributed by atoms with Crippen LogP contribution in [0.1, 0.15) is 57.9 Å². The second-order valence-corrected chi connectivity index (χ2v) is 14.0. The molecule has 17 heteroatoms. The van der Waals surface area contributed by atoms with Crippen molar-refractivity contribution in [2.24, 2.45) is 0 Å². The topological polar surface area (TPSA) is 180 Å². The number of H-pyrrole nitrogens is 1. The number of nitrogens with one attached hydrogen (secondary N) is 2. The highest BCUT2D eigenvalue weighted by Crippen LogP contribution is 2.37. The van der Waals surface area contributed by atoms with Gasteiger partial charge in [-0.2, -0.15) is 9.78 Å². The van der Waals surface area contributed by atoms with Gasteiger partial charge in [0.05, 0.1) is 23.3 Å². The Balaban J connectivity index is 0.00000465. The van der Waals surface area contributed by atoms with Gasteiger partial charge in [-0.3, -0.25) is 29.3 Å². The summed E-state index contributed by atoms with van der Waals surface area (Å²) in [5.41, 5.74) is 4.37. The second-order valence-electron chi connectivity index (χ2n) is 13.6. The zero-order chi connectivity index (χ0) is 37.7. The number of carbonyl (C=O) groups is 5. The van der Waals surface area contributed by atoms with Gasteiger partial charge in [0.15, 0.2) is 6.61 Å². The van der Waals surface area contributed by atoms with E-state index in [1.165, 1.54) is 21.7 Å². The maximum absolute atomic E-state index is 13.6. The number of aromatic hydroxyl groups is 1. The molecule has 55 heavy (non-hydrogen) atoms. The van der Waals surface area contributed by atoms with Crippen LogP contribution >= 0.6 is 24.0 Å². The van der Waals surface area contributed by atoms with E-state index in [-0.39, 0.29) is 49.1 Å². The van der Waals surface area contributed by atoms with E-state index in [0.29, 0.717) is 83.4 Å². The molecule has 2 saturated heterocycles. The van der Waals surface area contributed by atoms with E-state index >= 15 is 0 Å². The molecule has 3 aromatic carbocycles. The highest BCUT2D eigenvalue weighted by Gasteiger charge is 2.43. The first kappa shape index (κ1) is 37.5. The lowest BCUT2D eigenvalue weighted by molar-refractivity contribution is -0.147. The van der Waals surface area contributed by atoms with E-state index in [9.17, 15) is 33.5 Å². The van der Waals surface area contributed by atoms with Crippen molar-refractivity contribution >= 4 is 64.5 Å². The number of likely N-dealkylation sites (tertiary alicyclic amines) is 1. The molecule has 1 unspecified atom stereocenters. The van der Waals surface area contributed by atoms with Crippen molar-refractivity contribution in [1.29, 1.82) is 0 Å². The van der Waals surface area contributed by atoms with Gasteiger partial charge in [-0.05, 0) is 73.7 Å². The number of hydrogen-bond donors (Lipinski definition) is 3. The molecule has 1 atom stereocenters. The number of nitrogens with zero attached hydrogens (tertiary/aromatic N) is 5. The first-order valence-electron chi connectivity index (χ1n) is 17.5. The van der Waals surface area contributed by atoms with Crippen LogP contribution in [-0.2, 0) is 38.6 Å². The Labute approximate surface area is 324 Å². The molecule has 0 spiro atoms. The number of imidazole rings is 1. The fraction of sp³-hybridized carbons (Fsp3) is 0.289. The molecule has 8 rings (SSSR count). The van der Waals surface area contributed by atoms with Gasteiger partial charge >= 0.3 is 0 Å². The standard InChI is InChI=1S/C38H33ClFN7O7.ClH/c39-22-7-11-27-28(16-22)42-38(41-27)47-37(53)25(10-6-20-4-8-23(40)9-5-20)33(44-47)21-12-14-45(15-13-21)32(49)19-54-31-3-1-2-24-26(31)18-46(36(24)52)29-17-30(48)35(51)43-34(29)50;/h1-5,7-9,11,16,21,29,53H,6,10,12-15,17-19H2,(H,41,42)(H,43,50,51);1H. The number of aromatic nitrogens is 4. The van der Waals surface area contributed by atoms with E-state index in [2.05, 4.69) is 9.97 Å². The van der Waals surface area contributed by atoms with E-state index in [1.54, 1.807) is 53.4 Å². The molecular formula is C38H34Cl2FN7O7. The van der Waals surface area contributed by atoms with Crippen molar-refractivity contribution in [1.82, 2.24) is 34.9 Å². The van der Waals surface area contributed by atoms with Crippen LogP contribution in [0.3, 0.4) is 0 Å². The molecule has 284 valence electrons. The summed E-state index contributed by atoms with van der Waals surface area (Å²) < 4.78 is 20.9. The number of benzene rings is 3. The smallest absolute Gasteiger partial charge is 0.294 e. The fourth-order valence-corrected chi connectivity index (χ4v) is 7.55. The van der Waals surface area contributed by atoms with Gasteiger partial charge in [-0.1, -0.05) is 29.8 Å². The molecule has 0 saturated carbocycles. The third-order valence-corrected chi connectivity index (χ3v) is 10.5. The molecule has 2 aromatic heterocycles. The largest absolute Gasteiger partial charge is 0.493 e. The second kappa shape index (κ2) is 15.1. The molecule has 0 bridgehead atoms. The van der Waals surface area contributed by atoms with Crippen LogP contribution in [0.4, 0.5) is 4.39 Å². The minimum atomic E-state index is -1.12. The van der Waals surface area contributed by atoms with Crippen LogP contribution in [0.2, 0.25) is 5.02 Å². The number of piperidine rings is 2. The number of carbonyl (C=O) groups excluding carboxylic acids is 5. The van der Waals surface area contributed by atoms with E-state index < -0.39 is 36.0 Å². The SMILES string of the molecule is Cl.O=C1CC(N2Cc3c(OCC(=O)N4CCC(c5nn(-c6nc7cc(Cl)ccc7[nH]6)c(O)c5CCc5ccc(F)cc5)CC4)cccc3C2=O)C(=O)NC1=O. The lowest BCUT2D eigenvalue weighted by Gasteiger charge is -2.31. The average Bonchev–Trinajstić information content (AvgIpc) is 3.84. The van der Waals surface area contributed by atoms with Gasteiger partial charge < -0.3 is 24.6 Å². The first-order valence-corrected chi connectivity index (χ1v) is 17.8. The van der Waals surface area contributed by atoms with Crippen LogP contribution in [0, 0.1) is 5.82 Å². The maximum atomic E-state index is 13.6. The van der Waals surface area contributed by atoms with Gasteiger partial charge in [0.2, 0.25) is 23.5 Å². The van der Waals surface area contributed by atoms with Crippen molar-refractivity contribution in [3.8, 4) is 17.6 Å². The highest BCUT2D eigenvalue weighted by molar-refractivity contribution is 6.41. The number of hydrogen-bond acceptors (Lipinski definition) is 9. The first-order chi connectivity index (χ1) is 26.0. The Morgan fingerprint density at radius 2 is 1.78 bits per heavy atom. The maximum Gasteiger partial charge on any atom is 0.294 e. The lowest BCUT2D eigenvalue weighted by Crippen LogP contribution is -2.56. The van der Waals surface area contributed by atoms with Gasteiger partial charge in [0.1, 0.15) is 17.6 Å². The van der Waals surface area contributed by atoms with Crippen molar-refractivity contribution in [3.05, 3.63) is 99.5 Å². The quantitative estimate of drug-likeness (QED) is 0.146. The summed E-state index contributed by atoms with van der Waals surface area (Å²) in [6.45, 7) is 0.502. The van der Waals surface area contributed by atoms with Crippen LogP contribution in [0.5, 0.6) is 11.6 Å². The molecule has 5 heterocycles. The predicted molar refractivity (Wildman–Crippen MR) is 198 cm³/mol. The summed E-state index contributed by atoms with van der Waals surface area (Å²) in [7, 11) is 0. The molecule has 14 nitrogen and oxygen atoms in total. The molecule has 2 fully saturated rings. The summed E-state index contributed by atoms with van der Waals surface area (Å²) in [5.74, 6) is -3.05. The summed E-state index contributed by atoms with van der Waals surface area (Å²) >= 11 is 6.17. The zero-order valence-corrected chi connectivity index (χ0v) is 30.7. The Hall–Kier alpha value is -5.80. The third-order valence-electron chi connectivity index (χ3n) is 10.3. The number of aromatic amines is 1. The van der Waals surface area contributed by atoms with E-state index in [1.807, 2.05) is 5.32 Å². The fourth-order valence-electron chi connectivity index (χ4n) is 7.38. The summed E-state index contributed by atoms with van der Waals surface area (Å²) in [6.07, 6.45) is 1.70. The van der Waals surface area contributed by atoms with E-state index in [4.69, 9.17) is 21.4 Å². The zero-order valence-electron chi connectivity index (χ0n) is 29.1. The third kappa shape index (κ3) is 7.24. The van der Waals surface area contributed by atoms with E-state index in [0.717, 1.165) is 11.1 Å². The van der Waals surface area contributed by atoms with Gasteiger partial charge in [0.25, 0.3) is 17.7 Å². The van der Waals surface area contributed by atoms with Crippen LogP contribution < -0.4 is 10.1 Å². The summed E-state index contributed by atoms with van der Waals surface area (Å²) in [5, 5.41) is 18.9. The predicted octanol–water partition coefficient (Wildman–Crippen LogP) is 4.18. The summed E-state index contributed by atoms with van der Waals surface area (Å²) in [6, 6.07) is 15.2. The lowest BCUT2D eigenvalue weighted by atomic mass is 9.89. The van der Waals surface area contributed by atoms with Gasteiger partial charge in [0, 0.05) is 47.1 Å². The summed E-state index contributed by atoms with van der Waals surface area (Å²) in [4.78, 5) is 73.4. The van der Waals surface area contributed by atoms with Crippen molar-refractivity contribution in [2.45, 2.75) is 50.6 Å². The minimum absolute atomic E-state index is 0. The number of Topliss-reactive ketones (excluding diaryl/α,β-unsaturated/α-hetero) is 1. The number of halogens is 3. The Bertz CT molecular complexity index is 2350. The van der Waals surface area contributed by atoms with Gasteiger partial charge in [-0.15, -0.1) is 12.4 Å². The number of rotatable bonds is 9. The molecule has 3 aliphatic rings. The minimum Gasteiger partial charge on any atom is -0.493 e. The van der Waals surface area contributed by atoms with Gasteiger partial charge in [-0.25, -0.2) is 9.37 Å². The van der Waals surface area contributed by atoms with Crippen LogP contribution in [0.15, 0.2) is 60.7 Å². The number of fused-ring (bicyclic) bond motifs is 2. The monoisotopic (exact) mass is 789 g/mol. The molecule has 4 amide bonds. The van der Waals surface area contributed by atoms with Crippen molar-refractivity contribution in [3.63, 3.8) is 0 Å². The molecule has 5 aromatic rings. The number of imide groups is 1. The average molecular weight is 791 g/mol. The number of amides is 4. The number of ether oxygens (including phenoxy) is 1. The number of aryl methyl sites for hydroxylation is 1. The molecule has 3 aliphatic heterocycles. The number of ketones is 1.